The van der Waals surface area contributed by atoms with Crippen LogP contribution in [0.1, 0.15) is 226 Å². The summed E-state index contributed by atoms with van der Waals surface area (Å²) >= 11 is 0. The predicted octanol–water partition coefficient (Wildman–Crippen LogP) is 13.5. The van der Waals surface area contributed by atoms with E-state index in [-0.39, 0.29) is 32.6 Å². The fourth-order valence-electron chi connectivity index (χ4n) is 6.94. The minimum Gasteiger partial charge on any atom is -0.462 e. The number of hydrogen-bond acceptors (Lipinski definition) is 9. The highest BCUT2D eigenvalue weighted by molar-refractivity contribution is 7.47. The Morgan fingerprint density at radius 1 is 0.583 bits per heavy atom. The van der Waals surface area contributed by atoms with Gasteiger partial charge in [-0.15, -0.1) is 0 Å². The molecule has 0 saturated carbocycles. The maximum atomic E-state index is 12.6. The van der Waals surface area contributed by atoms with Crippen molar-refractivity contribution >= 4 is 19.8 Å². The molecule has 3 atom stereocenters. The Kier molecular flexibility index (Phi) is 43.9. The van der Waals surface area contributed by atoms with Gasteiger partial charge in [-0.1, -0.05) is 211 Å². The maximum Gasteiger partial charge on any atom is 0.472 e. The van der Waals surface area contributed by atoms with Crippen molar-refractivity contribution in [2.24, 2.45) is 5.73 Å². The molecule has 0 rings (SSSR count). The van der Waals surface area contributed by atoms with Gasteiger partial charge in [0, 0.05) is 19.4 Å². The molecule has 10 nitrogen and oxygen atoms in total. The molecule has 2 unspecified atom stereocenters. The molecule has 0 spiro atoms. The Labute approximate surface area is 367 Å². The first-order valence-electron chi connectivity index (χ1n) is 24.6. The van der Waals surface area contributed by atoms with Crippen molar-refractivity contribution in [1.82, 2.24) is 0 Å². The van der Waals surface area contributed by atoms with Gasteiger partial charge in [-0.25, -0.2) is 4.57 Å². The van der Waals surface area contributed by atoms with E-state index >= 15 is 0 Å². The Morgan fingerprint density at radius 2 is 1.07 bits per heavy atom. The van der Waals surface area contributed by atoms with Crippen LogP contribution in [0, 0.1) is 0 Å². The normalized spacial score (nSPS) is 14.0. The number of unbranched alkanes of at least 4 members (excludes halogenated alkanes) is 26. The monoisotopic (exact) mass is 870 g/mol. The number of ether oxygens (including phenoxy) is 2. The molecule has 0 aliphatic heterocycles. The van der Waals surface area contributed by atoms with E-state index in [2.05, 4.69) is 26.0 Å². The van der Waals surface area contributed by atoms with Gasteiger partial charge >= 0.3 is 19.8 Å². The number of carbonyl (C=O) groups excluding carboxylic acids is 2. The highest BCUT2D eigenvalue weighted by atomic mass is 31.2. The quantitative estimate of drug-likeness (QED) is 0.0177. The van der Waals surface area contributed by atoms with Gasteiger partial charge in [0.05, 0.1) is 19.3 Å². The predicted molar refractivity (Wildman–Crippen MR) is 249 cm³/mol. The van der Waals surface area contributed by atoms with E-state index in [1.54, 1.807) is 12.2 Å². The number of carbonyl (C=O) groups is 2. The summed E-state index contributed by atoms with van der Waals surface area (Å²) in [5.41, 5.74) is 5.35. The number of nitrogens with two attached hydrogens (primary N) is 1. The lowest BCUT2D eigenvalue weighted by Crippen LogP contribution is -2.29. The fraction of sp³-hybridized carbons (Fsp3) is 0.837. The molecule has 0 aromatic heterocycles. The largest absolute Gasteiger partial charge is 0.472 e. The van der Waals surface area contributed by atoms with Crippen molar-refractivity contribution in [2.75, 3.05) is 26.4 Å². The van der Waals surface area contributed by atoms with Gasteiger partial charge in [-0.3, -0.25) is 18.6 Å². The lowest BCUT2D eigenvalue weighted by atomic mass is 10.0. The molecular weight excluding hydrogens is 778 g/mol. The van der Waals surface area contributed by atoms with E-state index < -0.39 is 38.6 Å². The molecular formula is C49H92NO9P. The van der Waals surface area contributed by atoms with Gasteiger partial charge in [-0.05, 0) is 38.5 Å². The molecule has 0 aliphatic rings. The van der Waals surface area contributed by atoms with Crippen molar-refractivity contribution in [3.05, 3.63) is 36.5 Å². The lowest BCUT2D eigenvalue weighted by molar-refractivity contribution is -0.161. The van der Waals surface area contributed by atoms with E-state index in [1.807, 2.05) is 12.2 Å². The number of rotatable bonds is 46. The van der Waals surface area contributed by atoms with E-state index in [1.165, 1.54) is 148 Å². The molecule has 11 heteroatoms. The van der Waals surface area contributed by atoms with Crippen molar-refractivity contribution < 1.29 is 42.7 Å². The number of phosphoric ester groups is 1. The molecule has 0 amide bonds. The lowest BCUT2D eigenvalue weighted by Gasteiger charge is -2.20. The fourth-order valence-corrected chi connectivity index (χ4v) is 7.70. The zero-order valence-corrected chi connectivity index (χ0v) is 39.5. The van der Waals surface area contributed by atoms with Gasteiger partial charge in [0.1, 0.15) is 6.61 Å². The summed E-state index contributed by atoms with van der Waals surface area (Å²) in [7, 11) is -4.43. The zero-order chi connectivity index (χ0) is 44.0. The molecule has 0 fully saturated rings. The van der Waals surface area contributed by atoms with Crippen LogP contribution < -0.4 is 5.73 Å². The standard InChI is InChI=1S/C49H92NO9P/c1-3-5-7-9-11-13-15-17-18-19-20-21-22-23-24-26-28-30-32-34-36-40-48(52)56-44-47(45-58-60(54,55)57-43-42-50)59-49(53)41-37-39-46(51)38-35-33-31-29-27-25-16-14-12-10-8-6-4-2/h25,27,31,33,35,38,46-47,51H,3-24,26,28-30,32,34,36-37,39-45,50H2,1-2H3,(H,54,55)/b27-25+,33-31+,38-35+/t46?,47-/m1/s1. The molecule has 0 aromatic rings. The molecule has 0 radical (unpaired) electrons. The smallest absolute Gasteiger partial charge is 0.462 e. The van der Waals surface area contributed by atoms with Crippen LogP contribution in [0.15, 0.2) is 36.5 Å². The first kappa shape index (κ1) is 58.2. The highest BCUT2D eigenvalue weighted by Gasteiger charge is 2.26. The van der Waals surface area contributed by atoms with Gasteiger partial charge in [0.2, 0.25) is 0 Å². The number of esters is 2. The molecule has 60 heavy (non-hydrogen) atoms. The Morgan fingerprint density at radius 3 is 1.58 bits per heavy atom. The number of allylic oxidation sites excluding steroid dienone is 5. The average molecular weight is 870 g/mol. The molecule has 0 heterocycles. The summed E-state index contributed by atoms with van der Waals surface area (Å²) in [6, 6.07) is 0. The van der Waals surface area contributed by atoms with Gasteiger partial charge < -0.3 is 25.2 Å². The van der Waals surface area contributed by atoms with Crippen LogP contribution in [-0.4, -0.2) is 60.5 Å². The summed E-state index contributed by atoms with van der Waals surface area (Å²) in [5.74, 6) is -1.02. The van der Waals surface area contributed by atoms with Crippen molar-refractivity contribution in [3.63, 3.8) is 0 Å². The molecule has 352 valence electrons. The Bertz CT molecular complexity index is 1100. The van der Waals surface area contributed by atoms with Gasteiger partial charge in [0.25, 0.3) is 0 Å². The van der Waals surface area contributed by atoms with E-state index in [0.717, 1.165) is 32.1 Å². The van der Waals surface area contributed by atoms with Crippen LogP contribution in [0.2, 0.25) is 0 Å². The topological polar surface area (TPSA) is 155 Å². The number of aliphatic hydroxyl groups is 1. The van der Waals surface area contributed by atoms with Crippen LogP contribution in [0.25, 0.3) is 0 Å². The van der Waals surface area contributed by atoms with Gasteiger partial charge in [-0.2, -0.15) is 0 Å². The number of phosphoric acid groups is 1. The third-order valence-electron chi connectivity index (χ3n) is 10.6. The number of aliphatic hydroxyl groups excluding tert-OH is 1. The van der Waals surface area contributed by atoms with Crippen LogP contribution in [0.4, 0.5) is 0 Å². The first-order chi connectivity index (χ1) is 29.2. The second-order valence-corrected chi connectivity index (χ2v) is 18.0. The summed E-state index contributed by atoms with van der Waals surface area (Å²) in [6.45, 7) is 3.54. The second kappa shape index (κ2) is 45.2. The van der Waals surface area contributed by atoms with E-state index in [4.69, 9.17) is 24.3 Å². The van der Waals surface area contributed by atoms with Crippen LogP contribution in [0.3, 0.4) is 0 Å². The van der Waals surface area contributed by atoms with Crippen LogP contribution >= 0.6 is 7.82 Å². The van der Waals surface area contributed by atoms with Crippen LogP contribution in [0.5, 0.6) is 0 Å². The van der Waals surface area contributed by atoms with E-state index in [9.17, 15) is 24.2 Å². The summed E-state index contributed by atoms with van der Waals surface area (Å²) in [4.78, 5) is 35.0. The Hall–Kier alpha value is -1.81. The summed E-state index contributed by atoms with van der Waals surface area (Å²) < 4.78 is 32.7. The third kappa shape index (κ3) is 44.3. The first-order valence-corrected chi connectivity index (χ1v) is 26.1. The minimum absolute atomic E-state index is 0.00842. The van der Waals surface area contributed by atoms with Gasteiger partial charge in [0.15, 0.2) is 6.10 Å². The molecule has 0 bridgehead atoms. The molecule has 4 N–H and O–H groups in total. The average Bonchev–Trinajstić information content (AvgIpc) is 3.23. The Balaban J connectivity index is 4.19. The van der Waals surface area contributed by atoms with Crippen LogP contribution in [-0.2, 0) is 32.7 Å². The SMILES string of the molecule is CCCCCCCC/C=C/C/C=C/C=C/C(O)CCCC(=O)O[C@H](COC(=O)CCCCCCCCCCCCCCCCCCCCCCC)COP(=O)(O)OCCN. The maximum absolute atomic E-state index is 12.6. The number of hydrogen-bond donors (Lipinski definition) is 3. The van der Waals surface area contributed by atoms with Crippen molar-refractivity contribution in [2.45, 2.75) is 238 Å². The third-order valence-corrected chi connectivity index (χ3v) is 11.6. The van der Waals surface area contributed by atoms with Crippen molar-refractivity contribution in [3.8, 4) is 0 Å². The van der Waals surface area contributed by atoms with Crippen molar-refractivity contribution in [1.29, 1.82) is 0 Å². The minimum atomic E-state index is -4.43. The zero-order valence-electron chi connectivity index (χ0n) is 38.6. The summed E-state index contributed by atoms with van der Waals surface area (Å²) in [5, 5.41) is 10.3. The summed E-state index contributed by atoms with van der Waals surface area (Å²) in [6.07, 6.45) is 47.9. The highest BCUT2D eigenvalue weighted by Crippen LogP contribution is 2.43. The van der Waals surface area contributed by atoms with E-state index in [0.29, 0.717) is 19.3 Å². The second-order valence-electron chi connectivity index (χ2n) is 16.5. The molecule has 0 saturated heterocycles. The molecule has 0 aromatic carbocycles. The molecule has 0 aliphatic carbocycles.